The van der Waals surface area contributed by atoms with Crippen LogP contribution in [-0.2, 0) is 29.5 Å². The maximum Gasteiger partial charge on any atom is 0.211 e. The van der Waals surface area contributed by atoms with Gasteiger partial charge in [-0.2, -0.15) is 0 Å². The second-order valence-electron chi connectivity index (χ2n) is 6.44. The number of nitrogens with two attached hydrogens (primary N) is 2. The molecule has 0 bridgehead atoms. The molecule has 0 amide bonds. The van der Waals surface area contributed by atoms with E-state index in [0.717, 1.165) is 13.1 Å². The Kier molecular flexibility index (Phi) is 9.18. The monoisotopic (exact) mass is 402 g/mol. The smallest absolute Gasteiger partial charge is 0.211 e. The zero-order chi connectivity index (χ0) is 19.1. The van der Waals surface area contributed by atoms with Crippen molar-refractivity contribution in [1.82, 2.24) is 10.2 Å². The van der Waals surface area contributed by atoms with Gasteiger partial charge in [-0.15, -0.1) is 0 Å². The van der Waals surface area contributed by atoms with Crippen molar-refractivity contribution in [2.24, 2.45) is 10.3 Å². The zero-order valence-corrected chi connectivity index (χ0v) is 16.4. The molecule has 0 aliphatic carbocycles. The average Bonchev–Trinajstić information content (AvgIpc) is 2.45. The summed E-state index contributed by atoms with van der Waals surface area (Å²) >= 11 is 0. The molecule has 25 heavy (non-hydrogen) atoms. The summed E-state index contributed by atoms with van der Waals surface area (Å²) in [6, 6.07) is 0.418. The summed E-state index contributed by atoms with van der Waals surface area (Å²) in [6.45, 7) is 8.15. The highest BCUT2D eigenvalue weighted by molar-refractivity contribution is 7.89. The lowest BCUT2D eigenvalue weighted by atomic mass is 10.2. The third-order valence-corrected chi connectivity index (χ3v) is 5.41. The minimum Gasteiger partial charge on any atom is -0.374 e. The van der Waals surface area contributed by atoms with E-state index in [4.69, 9.17) is 19.8 Å². The van der Waals surface area contributed by atoms with Crippen molar-refractivity contribution in [3.05, 3.63) is 0 Å². The van der Waals surface area contributed by atoms with Crippen molar-refractivity contribution in [2.45, 2.75) is 32.1 Å². The molecule has 0 aromatic carbocycles. The molecule has 2 rings (SSSR count). The van der Waals surface area contributed by atoms with Gasteiger partial charge in [0.05, 0.1) is 36.9 Å². The fraction of sp³-hybridized carbons (Fsp3) is 1.00. The average molecular weight is 403 g/mol. The van der Waals surface area contributed by atoms with E-state index in [-0.39, 0.29) is 23.7 Å². The van der Waals surface area contributed by atoms with Crippen molar-refractivity contribution >= 4 is 20.0 Å². The molecule has 2 unspecified atom stereocenters. The SMILES string of the molecule is CC(C)N1CCOC(CS(N)(=O)=O)C1.NS(=O)(=O)CC1CNCCO1. The molecule has 2 heterocycles. The number of ether oxygens (including phenoxy) is 2. The molecule has 12 heteroatoms. The van der Waals surface area contributed by atoms with Crippen LogP contribution >= 0.6 is 0 Å². The van der Waals surface area contributed by atoms with Crippen molar-refractivity contribution in [3.63, 3.8) is 0 Å². The molecule has 10 nitrogen and oxygen atoms in total. The lowest BCUT2D eigenvalue weighted by Gasteiger charge is -2.35. The molecular formula is C13H30N4O6S2. The van der Waals surface area contributed by atoms with Gasteiger partial charge in [-0.05, 0) is 13.8 Å². The van der Waals surface area contributed by atoms with Crippen LogP contribution in [0.5, 0.6) is 0 Å². The minimum atomic E-state index is -3.42. The Morgan fingerprint density at radius 1 is 1.04 bits per heavy atom. The first-order valence-electron chi connectivity index (χ1n) is 8.15. The molecule has 2 fully saturated rings. The Balaban J connectivity index is 0.000000257. The molecular weight excluding hydrogens is 372 g/mol. The fourth-order valence-electron chi connectivity index (χ4n) is 2.56. The van der Waals surface area contributed by atoms with E-state index in [1.165, 1.54) is 0 Å². The summed E-state index contributed by atoms with van der Waals surface area (Å²) in [5, 5.41) is 12.8. The van der Waals surface area contributed by atoms with Crippen LogP contribution in [0.1, 0.15) is 13.8 Å². The minimum absolute atomic E-state index is 0.0871. The first kappa shape index (κ1) is 22.7. The number of rotatable bonds is 5. The molecule has 0 spiro atoms. The van der Waals surface area contributed by atoms with Gasteiger partial charge in [-0.1, -0.05) is 0 Å². The van der Waals surface area contributed by atoms with E-state index in [2.05, 4.69) is 24.1 Å². The van der Waals surface area contributed by atoms with Crippen LogP contribution in [0.3, 0.4) is 0 Å². The van der Waals surface area contributed by atoms with Crippen molar-refractivity contribution < 1.29 is 26.3 Å². The summed E-state index contributed by atoms with van der Waals surface area (Å²) < 4.78 is 53.3. The highest BCUT2D eigenvalue weighted by atomic mass is 32.2. The number of hydrogen-bond donors (Lipinski definition) is 3. The zero-order valence-electron chi connectivity index (χ0n) is 14.8. The predicted molar refractivity (Wildman–Crippen MR) is 95.0 cm³/mol. The van der Waals surface area contributed by atoms with Crippen LogP contribution in [0.25, 0.3) is 0 Å². The van der Waals surface area contributed by atoms with E-state index < -0.39 is 20.0 Å². The number of nitrogens with one attached hydrogen (secondary N) is 1. The molecule has 2 atom stereocenters. The quantitative estimate of drug-likeness (QED) is 0.462. The fourth-order valence-corrected chi connectivity index (χ4v) is 4.01. The van der Waals surface area contributed by atoms with Crippen LogP contribution < -0.4 is 15.6 Å². The van der Waals surface area contributed by atoms with Gasteiger partial charge in [0.2, 0.25) is 20.0 Å². The molecule has 2 saturated heterocycles. The molecule has 0 saturated carbocycles. The van der Waals surface area contributed by atoms with Crippen molar-refractivity contribution in [3.8, 4) is 0 Å². The largest absolute Gasteiger partial charge is 0.374 e. The summed E-state index contributed by atoms with van der Waals surface area (Å²) in [7, 11) is -6.81. The molecule has 5 N–H and O–H groups in total. The van der Waals surface area contributed by atoms with Gasteiger partial charge in [0, 0.05) is 32.2 Å². The van der Waals surface area contributed by atoms with E-state index in [1.54, 1.807) is 0 Å². The number of primary sulfonamides is 2. The van der Waals surface area contributed by atoms with Gasteiger partial charge in [0.25, 0.3) is 0 Å². The van der Waals surface area contributed by atoms with Crippen LogP contribution in [-0.4, -0.2) is 90.9 Å². The van der Waals surface area contributed by atoms with Crippen LogP contribution in [0.2, 0.25) is 0 Å². The Morgan fingerprint density at radius 2 is 1.60 bits per heavy atom. The Bertz CT molecular complexity index is 590. The van der Waals surface area contributed by atoms with Crippen LogP contribution in [0.15, 0.2) is 0 Å². The number of hydrogen-bond acceptors (Lipinski definition) is 8. The number of sulfonamides is 2. The second-order valence-corrected chi connectivity index (χ2v) is 9.76. The van der Waals surface area contributed by atoms with Gasteiger partial charge >= 0.3 is 0 Å². The molecule has 2 aliphatic heterocycles. The number of nitrogens with zero attached hydrogens (tertiary/aromatic N) is 1. The summed E-state index contributed by atoms with van der Waals surface area (Å²) in [5.74, 6) is -0.184. The Morgan fingerprint density at radius 3 is 2.08 bits per heavy atom. The Hall–Kier alpha value is -0.340. The summed E-state index contributed by atoms with van der Waals surface area (Å²) in [6.07, 6.45) is -0.556. The van der Waals surface area contributed by atoms with Crippen LogP contribution in [0, 0.1) is 0 Å². The lowest BCUT2D eigenvalue weighted by molar-refractivity contribution is -0.0272. The maximum atomic E-state index is 10.9. The first-order valence-corrected chi connectivity index (χ1v) is 11.6. The Labute approximate surface area is 150 Å². The van der Waals surface area contributed by atoms with E-state index in [9.17, 15) is 16.8 Å². The molecule has 2 aliphatic rings. The first-order chi connectivity index (χ1) is 11.5. The normalized spacial score (nSPS) is 26.1. The molecule has 150 valence electrons. The van der Waals surface area contributed by atoms with Gasteiger partial charge in [0.15, 0.2) is 0 Å². The second kappa shape index (κ2) is 10.1. The van der Waals surface area contributed by atoms with Gasteiger partial charge in [-0.25, -0.2) is 27.1 Å². The lowest BCUT2D eigenvalue weighted by Crippen LogP contribution is -2.48. The highest BCUT2D eigenvalue weighted by Crippen LogP contribution is 2.09. The molecule has 0 aromatic heterocycles. The summed E-state index contributed by atoms with van der Waals surface area (Å²) in [4.78, 5) is 2.19. The standard InChI is InChI=1S/C8H18N2O3S.C5H12N2O3S/c1-7(2)10-3-4-13-8(5-10)6-14(9,11)12;6-11(8,9)4-5-3-7-1-2-10-5/h7-8H,3-6H2,1-2H3,(H2,9,11,12);5,7H,1-4H2,(H2,6,8,9). The number of morpholine rings is 2. The molecule has 0 aromatic rings. The van der Waals surface area contributed by atoms with E-state index >= 15 is 0 Å². The van der Waals surface area contributed by atoms with Gasteiger partial charge in [-0.3, -0.25) is 4.90 Å². The summed E-state index contributed by atoms with van der Waals surface area (Å²) in [5.41, 5.74) is 0. The van der Waals surface area contributed by atoms with E-state index in [0.29, 0.717) is 32.3 Å². The van der Waals surface area contributed by atoms with Crippen molar-refractivity contribution in [1.29, 1.82) is 0 Å². The predicted octanol–water partition coefficient (Wildman–Crippen LogP) is -2.35. The maximum absolute atomic E-state index is 10.9. The highest BCUT2D eigenvalue weighted by Gasteiger charge is 2.25. The van der Waals surface area contributed by atoms with Crippen molar-refractivity contribution in [2.75, 3.05) is 50.9 Å². The third-order valence-electron chi connectivity index (χ3n) is 3.74. The topological polar surface area (TPSA) is 154 Å². The van der Waals surface area contributed by atoms with Crippen LogP contribution in [0.4, 0.5) is 0 Å². The third kappa shape index (κ3) is 11.1. The van der Waals surface area contributed by atoms with E-state index in [1.807, 2.05) is 0 Å². The molecule has 0 radical (unpaired) electrons. The van der Waals surface area contributed by atoms with Gasteiger partial charge < -0.3 is 14.8 Å². The van der Waals surface area contributed by atoms with Gasteiger partial charge in [0.1, 0.15) is 0 Å².